The molecule has 2 aromatic rings. The van der Waals surface area contributed by atoms with E-state index in [1.165, 1.54) is 7.11 Å². The first-order chi connectivity index (χ1) is 16.5. The van der Waals surface area contributed by atoms with E-state index in [4.69, 9.17) is 4.74 Å². The summed E-state index contributed by atoms with van der Waals surface area (Å²) in [5, 5.41) is 2.06. The second-order valence-electron chi connectivity index (χ2n) is 9.82. The molecule has 0 amide bonds. The van der Waals surface area contributed by atoms with E-state index in [1.54, 1.807) is 12.1 Å². The van der Waals surface area contributed by atoms with Gasteiger partial charge in [0.1, 0.15) is 0 Å². The number of rotatable bonds is 9. The van der Waals surface area contributed by atoms with Gasteiger partial charge in [0.15, 0.2) is 0 Å². The SMILES string of the molecule is CCCN1NC(CC)C(C(=O)OC)=C1Cc1ccc(-c2ccccc2S(=O)(=O)NC(C)(C)C)cc1. The number of nitrogens with zero attached hydrogens (tertiary/aromatic N) is 1. The van der Waals surface area contributed by atoms with Crippen LogP contribution in [-0.4, -0.2) is 44.6 Å². The van der Waals surface area contributed by atoms with Crippen molar-refractivity contribution in [1.29, 1.82) is 0 Å². The Labute approximate surface area is 209 Å². The summed E-state index contributed by atoms with van der Waals surface area (Å²) in [6.45, 7) is 10.4. The lowest BCUT2D eigenvalue weighted by Crippen LogP contribution is -2.40. The molecule has 8 heteroatoms. The second kappa shape index (κ2) is 10.9. The van der Waals surface area contributed by atoms with Crippen molar-refractivity contribution in [2.24, 2.45) is 0 Å². The molecule has 0 radical (unpaired) electrons. The van der Waals surface area contributed by atoms with Crippen LogP contribution in [0.1, 0.15) is 53.0 Å². The van der Waals surface area contributed by atoms with Gasteiger partial charge in [-0.1, -0.05) is 56.3 Å². The third-order valence-electron chi connectivity index (χ3n) is 5.81. The zero-order valence-corrected chi connectivity index (χ0v) is 22.3. The van der Waals surface area contributed by atoms with Crippen molar-refractivity contribution in [3.63, 3.8) is 0 Å². The Hall–Kier alpha value is -2.68. The van der Waals surface area contributed by atoms with Gasteiger partial charge in [0.2, 0.25) is 10.0 Å². The highest BCUT2D eigenvalue weighted by Gasteiger charge is 2.34. The summed E-state index contributed by atoms with van der Waals surface area (Å²) >= 11 is 0. The average molecular weight is 500 g/mol. The van der Waals surface area contributed by atoms with Crippen LogP contribution in [0, 0.1) is 0 Å². The summed E-state index contributed by atoms with van der Waals surface area (Å²) in [5.74, 6) is -0.306. The maximum atomic E-state index is 13.1. The maximum Gasteiger partial charge on any atom is 0.337 e. The number of sulfonamides is 1. The molecule has 35 heavy (non-hydrogen) atoms. The summed E-state index contributed by atoms with van der Waals surface area (Å²) in [6, 6.07) is 14.8. The number of nitrogens with one attached hydrogen (secondary N) is 2. The van der Waals surface area contributed by atoms with Crippen molar-refractivity contribution in [3.8, 4) is 11.1 Å². The maximum absolute atomic E-state index is 13.1. The van der Waals surface area contributed by atoms with Crippen LogP contribution in [0.25, 0.3) is 11.1 Å². The minimum atomic E-state index is -3.69. The fraction of sp³-hybridized carbons (Fsp3) is 0.444. The quantitative estimate of drug-likeness (QED) is 0.497. The van der Waals surface area contributed by atoms with Crippen LogP contribution in [-0.2, 0) is 26.0 Å². The molecule has 1 unspecified atom stereocenters. The molecule has 190 valence electrons. The van der Waals surface area contributed by atoms with E-state index in [2.05, 4.69) is 22.1 Å². The number of hydrogen-bond donors (Lipinski definition) is 2. The minimum absolute atomic E-state index is 0.0735. The molecule has 2 aromatic carbocycles. The second-order valence-corrected chi connectivity index (χ2v) is 11.5. The largest absolute Gasteiger partial charge is 0.466 e. The van der Waals surface area contributed by atoms with E-state index < -0.39 is 15.6 Å². The first-order valence-corrected chi connectivity index (χ1v) is 13.6. The van der Waals surface area contributed by atoms with Gasteiger partial charge in [-0.3, -0.25) is 0 Å². The number of ether oxygens (including phenoxy) is 1. The summed E-state index contributed by atoms with van der Waals surface area (Å²) in [5.41, 5.74) is 6.94. The van der Waals surface area contributed by atoms with E-state index in [1.807, 2.05) is 64.1 Å². The Morgan fingerprint density at radius 1 is 1.09 bits per heavy atom. The van der Waals surface area contributed by atoms with Gasteiger partial charge in [-0.2, -0.15) is 0 Å². The van der Waals surface area contributed by atoms with E-state index in [-0.39, 0.29) is 16.9 Å². The number of carbonyl (C=O) groups excluding carboxylic acids is 1. The van der Waals surface area contributed by atoms with Gasteiger partial charge in [0, 0.05) is 29.8 Å². The zero-order valence-electron chi connectivity index (χ0n) is 21.5. The van der Waals surface area contributed by atoms with E-state index >= 15 is 0 Å². The van der Waals surface area contributed by atoms with Crippen molar-refractivity contribution in [2.45, 2.75) is 70.4 Å². The number of methoxy groups -OCH3 is 1. The molecular weight excluding hydrogens is 462 g/mol. The molecule has 1 aliphatic rings. The van der Waals surface area contributed by atoms with Gasteiger partial charge in [0.25, 0.3) is 0 Å². The molecular formula is C27H37N3O4S. The van der Waals surface area contributed by atoms with Crippen LogP contribution in [0.15, 0.2) is 64.7 Å². The molecule has 0 bridgehead atoms. The number of hydrogen-bond acceptors (Lipinski definition) is 6. The van der Waals surface area contributed by atoms with Gasteiger partial charge >= 0.3 is 5.97 Å². The van der Waals surface area contributed by atoms with E-state index in [9.17, 15) is 13.2 Å². The number of allylic oxidation sites excluding steroid dienone is 1. The molecule has 7 nitrogen and oxygen atoms in total. The molecule has 0 spiro atoms. The summed E-state index contributed by atoms with van der Waals surface area (Å²) in [7, 11) is -2.28. The molecule has 1 atom stereocenters. The van der Waals surface area contributed by atoms with Gasteiger partial charge in [-0.15, -0.1) is 0 Å². The average Bonchev–Trinajstić information content (AvgIpc) is 3.15. The predicted molar refractivity (Wildman–Crippen MR) is 139 cm³/mol. The Morgan fingerprint density at radius 2 is 1.74 bits per heavy atom. The highest BCUT2D eigenvalue weighted by molar-refractivity contribution is 7.89. The monoisotopic (exact) mass is 499 g/mol. The van der Waals surface area contributed by atoms with Crippen molar-refractivity contribution in [1.82, 2.24) is 15.2 Å². The number of hydrazine groups is 1. The lowest BCUT2D eigenvalue weighted by Gasteiger charge is -2.23. The third-order valence-corrected chi connectivity index (χ3v) is 7.63. The Balaban J connectivity index is 1.95. The number of benzene rings is 2. The number of esters is 1. The molecule has 3 rings (SSSR count). The van der Waals surface area contributed by atoms with Crippen molar-refractivity contribution in [2.75, 3.05) is 13.7 Å². The van der Waals surface area contributed by atoms with Crippen molar-refractivity contribution >= 4 is 16.0 Å². The Morgan fingerprint density at radius 3 is 2.31 bits per heavy atom. The topological polar surface area (TPSA) is 87.7 Å². The predicted octanol–water partition coefficient (Wildman–Crippen LogP) is 4.41. The first kappa shape index (κ1) is 26.9. The molecule has 0 aliphatic carbocycles. The third kappa shape index (κ3) is 6.31. The lowest BCUT2D eigenvalue weighted by atomic mass is 9.98. The Bertz CT molecular complexity index is 1180. The molecule has 0 saturated heterocycles. The summed E-state index contributed by atoms with van der Waals surface area (Å²) in [6.07, 6.45) is 2.29. The van der Waals surface area contributed by atoms with Crippen LogP contribution < -0.4 is 10.1 Å². The van der Waals surface area contributed by atoms with Gasteiger partial charge in [-0.05, 0) is 50.8 Å². The highest BCUT2D eigenvalue weighted by atomic mass is 32.2. The van der Waals surface area contributed by atoms with Crippen LogP contribution in [0.2, 0.25) is 0 Å². The molecule has 2 N–H and O–H groups in total. The zero-order chi connectivity index (χ0) is 25.8. The van der Waals surface area contributed by atoms with Crippen molar-refractivity contribution in [3.05, 3.63) is 65.4 Å². The molecule has 1 aliphatic heterocycles. The smallest absolute Gasteiger partial charge is 0.337 e. The normalized spacial score (nSPS) is 16.6. The first-order valence-electron chi connectivity index (χ1n) is 12.1. The van der Waals surface area contributed by atoms with Crippen LogP contribution in [0.4, 0.5) is 0 Å². The summed E-state index contributed by atoms with van der Waals surface area (Å²) in [4.78, 5) is 12.8. The molecule has 0 aromatic heterocycles. The molecule has 0 fully saturated rings. The number of carbonyl (C=O) groups is 1. The Kier molecular flexibility index (Phi) is 8.41. The lowest BCUT2D eigenvalue weighted by molar-refractivity contribution is -0.136. The molecule has 1 heterocycles. The van der Waals surface area contributed by atoms with Crippen LogP contribution in [0.5, 0.6) is 0 Å². The van der Waals surface area contributed by atoms with Gasteiger partial charge in [0.05, 0.1) is 23.6 Å². The minimum Gasteiger partial charge on any atom is -0.466 e. The fourth-order valence-corrected chi connectivity index (χ4v) is 6.00. The molecule has 0 saturated carbocycles. The summed E-state index contributed by atoms with van der Waals surface area (Å²) < 4.78 is 33.9. The van der Waals surface area contributed by atoms with E-state index in [0.717, 1.165) is 36.2 Å². The van der Waals surface area contributed by atoms with Crippen LogP contribution in [0.3, 0.4) is 0 Å². The van der Waals surface area contributed by atoms with E-state index in [0.29, 0.717) is 17.6 Å². The fourth-order valence-electron chi connectivity index (χ4n) is 4.35. The van der Waals surface area contributed by atoms with Crippen LogP contribution >= 0.6 is 0 Å². The van der Waals surface area contributed by atoms with Gasteiger partial charge in [-0.25, -0.2) is 23.4 Å². The standard InChI is InChI=1S/C27H37N3O4S/c1-7-17-30-23(25(26(31)34-6)22(8-2)28-30)18-19-13-15-20(16-14-19)21-11-9-10-12-24(21)35(32,33)29-27(3,4)5/h9-16,22,28-29H,7-8,17-18H2,1-6H3. The highest BCUT2D eigenvalue weighted by Crippen LogP contribution is 2.31. The van der Waals surface area contributed by atoms with Gasteiger partial charge < -0.3 is 9.75 Å². The van der Waals surface area contributed by atoms with Crippen molar-refractivity contribution < 1.29 is 17.9 Å².